The van der Waals surface area contributed by atoms with Crippen LogP contribution < -0.4 is 0 Å². The summed E-state index contributed by atoms with van der Waals surface area (Å²) in [5.74, 6) is -0.401. The Morgan fingerprint density at radius 1 is 1.44 bits per heavy atom. The Morgan fingerprint density at radius 2 is 2.17 bits per heavy atom. The molecule has 0 aliphatic heterocycles. The molecule has 0 atom stereocenters. The van der Waals surface area contributed by atoms with E-state index in [0.29, 0.717) is 11.1 Å². The van der Waals surface area contributed by atoms with Crippen LogP contribution in [0.5, 0.6) is 0 Å². The molecule has 2 aromatic rings. The summed E-state index contributed by atoms with van der Waals surface area (Å²) in [5.41, 5.74) is 1.17. The van der Waals surface area contributed by atoms with Crippen molar-refractivity contribution >= 4 is 38.9 Å². The van der Waals surface area contributed by atoms with Crippen LogP contribution in [0.2, 0.25) is 0 Å². The number of esters is 1. The Kier molecular flexibility index (Phi) is 3.38. The summed E-state index contributed by atoms with van der Waals surface area (Å²) >= 11 is 3.29. The first kappa shape index (κ1) is 12.6. The molecule has 0 unspecified atom stereocenters. The summed E-state index contributed by atoms with van der Waals surface area (Å²) in [6.45, 7) is 0. The van der Waals surface area contributed by atoms with E-state index in [1.54, 1.807) is 18.2 Å². The molecule has 1 aromatic heterocycles. The number of ether oxygens (including phenoxy) is 1. The monoisotopic (exact) mass is 311 g/mol. The molecule has 18 heavy (non-hydrogen) atoms. The standard InChI is InChI=1S/C12H10BrNO4/c1-18-11(15)4-7-6-14(12(16)17)10-5-8(13)2-3-9(7)10/h2-3,5-6H,4H2,1H3,(H,16,17). The van der Waals surface area contributed by atoms with Crippen molar-refractivity contribution in [3.8, 4) is 0 Å². The number of carbonyl (C=O) groups is 2. The van der Waals surface area contributed by atoms with Crippen molar-refractivity contribution in [3.63, 3.8) is 0 Å². The van der Waals surface area contributed by atoms with Crippen molar-refractivity contribution in [1.82, 2.24) is 4.57 Å². The van der Waals surface area contributed by atoms with Crippen molar-refractivity contribution < 1.29 is 19.4 Å². The third-order valence-corrected chi connectivity index (χ3v) is 3.11. The average molecular weight is 312 g/mol. The zero-order valence-corrected chi connectivity index (χ0v) is 11.1. The molecule has 5 nitrogen and oxygen atoms in total. The zero-order valence-electron chi connectivity index (χ0n) is 9.51. The number of fused-ring (bicyclic) bond motifs is 1. The van der Waals surface area contributed by atoms with Crippen LogP contribution in [0.15, 0.2) is 28.9 Å². The fourth-order valence-corrected chi connectivity index (χ4v) is 2.15. The summed E-state index contributed by atoms with van der Waals surface area (Å²) in [6, 6.07) is 5.27. The third kappa shape index (κ3) is 2.24. The molecule has 0 radical (unpaired) electrons. The Hall–Kier alpha value is -1.82. The number of rotatable bonds is 2. The van der Waals surface area contributed by atoms with E-state index < -0.39 is 12.1 Å². The Balaban J connectivity index is 2.61. The first-order valence-corrected chi connectivity index (χ1v) is 5.92. The molecule has 6 heteroatoms. The van der Waals surface area contributed by atoms with Crippen molar-refractivity contribution in [1.29, 1.82) is 0 Å². The molecule has 0 bridgehead atoms. The maximum absolute atomic E-state index is 11.3. The molecule has 1 heterocycles. The second kappa shape index (κ2) is 4.81. The molecular formula is C12H10BrNO4. The van der Waals surface area contributed by atoms with Crippen molar-refractivity contribution in [3.05, 3.63) is 34.4 Å². The van der Waals surface area contributed by atoms with Gasteiger partial charge in [-0.1, -0.05) is 22.0 Å². The van der Waals surface area contributed by atoms with Gasteiger partial charge >= 0.3 is 12.1 Å². The van der Waals surface area contributed by atoms with E-state index in [-0.39, 0.29) is 6.42 Å². The van der Waals surface area contributed by atoms with E-state index >= 15 is 0 Å². The van der Waals surface area contributed by atoms with Gasteiger partial charge in [-0.15, -0.1) is 0 Å². The largest absolute Gasteiger partial charge is 0.469 e. The molecule has 1 N–H and O–H groups in total. The molecule has 0 saturated heterocycles. The summed E-state index contributed by atoms with van der Waals surface area (Å²) in [6.07, 6.45) is 0.403. The van der Waals surface area contributed by atoms with E-state index in [1.165, 1.54) is 13.3 Å². The number of aromatic nitrogens is 1. The Labute approximate surface area is 111 Å². The Bertz CT molecular complexity index is 632. The van der Waals surface area contributed by atoms with E-state index in [9.17, 15) is 9.59 Å². The van der Waals surface area contributed by atoms with Crippen LogP contribution in [-0.4, -0.2) is 28.8 Å². The van der Waals surface area contributed by atoms with Crippen LogP contribution in [0.1, 0.15) is 5.56 Å². The normalized spacial score (nSPS) is 10.6. The molecule has 0 saturated carbocycles. The fraction of sp³-hybridized carbons (Fsp3) is 0.167. The maximum atomic E-state index is 11.3. The van der Waals surface area contributed by atoms with Crippen LogP contribution in [0.3, 0.4) is 0 Å². The third-order valence-electron chi connectivity index (χ3n) is 2.62. The lowest BCUT2D eigenvalue weighted by Gasteiger charge is -1.98. The quantitative estimate of drug-likeness (QED) is 0.866. The van der Waals surface area contributed by atoms with Crippen molar-refractivity contribution in [2.24, 2.45) is 0 Å². The highest BCUT2D eigenvalue weighted by Crippen LogP contribution is 2.25. The Morgan fingerprint density at radius 3 is 2.78 bits per heavy atom. The van der Waals surface area contributed by atoms with Gasteiger partial charge in [-0.3, -0.25) is 9.36 Å². The topological polar surface area (TPSA) is 68.5 Å². The van der Waals surface area contributed by atoms with E-state index in [4.69, 9.17) is 5.11 Å². The van der Waals surface area contributed by atoms with Crippen molar-refractivity contribution in [2.75, 3.05) is 7.11 Å². The van der Waals surface area contributed by atoms with Crippen LogP contribution >= 0.6 is 15.9 Å². The maximum Gasteiger partial charge on any atom is 0.416 e. The number of halogens is 1. The average Bonchev–Trinajstić information content (AvgIpc) is 2.67. The minimum Gasteiger partial charge on any atom is -0.469 e. The lowest BCUT2D eigenvalue weighted by molar-refractivity contribution is -0.139. The minimum atomic E-state index is -1.09. The fourth-order valence-electron chi connectivity index (χ4n) is 1.80. The molecular weight excluding hydrogens is 302 g/mol. The molecule has 0 fully saturated rings. The lowest BCUT2D eigenvalue weighted by atomic mass is 10.1. The van der Waals surface area contributed by atoms with Gasteiger partial charge in [-0.05, 0) is 17.7 Å². The predicted molar refractivity (Wildman–Crippen MR) is 68.8 cm³/mol. The SMILES string of the molecule is COC(=O)Cc1cn(C(=O)O)c2cc(Br)ccc12. The molecule has 0 aliphatic rings. The summed E-state index contributed by atoms with van der Waals surface area (Å²) in [5, 5.41) is 9.84. The van der Waals surface area contributed by atoms with Gasteiger partial charge in [0.15, 0.2) is 0 Å². The molecule has 94 valence electrons. The first-order valence-electron chi connectivity index (χ1n) is 5.12. The molecule has 0 amide bonds. The van der Waals surface area contributed by atoms with Gasteiger partial charge in [-0.25, -0.2) is 4.79 Å². The van der Waals surface area contributed by atoms with E-state index in [0.717, 1.165) is 14.4 Å². The summed E-state index contributed by atoms with van der Waals surface area (Å²) in [7, 11) is 1.30. The number of hydrogen-bond donors (Lipinski definition) is 1. The van der Waals surface area contributed by atoms with Crippen LogP contribution in [0.25, 0.3) is 10.9 Å². The second-order valence-corrected chi connectivity index (χ2v) is 4.64. The number of hydrogen-bond acceptors (Lipinski definition) is 3. The predicted octanol–water partition coefficient (Wildman–Crippen LogP) is 2.65. The second-order valence-electron chi connectivity index (χ2n) is 3.72. The number of nitrogens with zero attached hydrogens (tertiary/aromatic N) is 1. The minimum absolute atomic E-state index is 0.0505. The van der Waals surface area contributed by atoms with Gasteiger partial charge < -0.3 is 9.84 Å². The molecule has 2 rings (SSSR count). The number of benzene rings is 1. The van der Waals surface area contributed by atoms with E-state index in [2.05, 4.69) is 20.7 Å². The van der Waals surface area contributed by atoms with E-state index in [1.807, 2.05) is 0 Å². The van der Waals surface area contributed by atoms with Gasteiger partial charge in [0.25, 0.3) is 0 Å². The van der Waals surface area contributed by atoms with Gasteiger partial charge in [0.05, 0.1) is 19.0 Å². The zero-order chi connectivity index (χ0) is 13.3. The summed E-state index contributed by atoms with van der Waals surface area (Å²) in [4.78, 5) is 22.4. The molecule has 0 spiro atoms. The summed E-state index contributed by atoms with van der Waals surface area (Å²) < 4.78 is 6.47. The van der Waals surface area contributed by atoms with Gasteiger partial charge in [0, 0.05) is 16.1 Å². The molecule has 1 aromatic carbocycles. The highest BCUT2D eigenvalue weighted by Gasteiger charge is 2.15. The lowest BCUT2D eigenvalue weighted by Crippen LogP contribution is -2.06. The number of methoxy groups -OCH3 is 1. The van der Waals surface area contributed by atoms with Crippen LogP contribution in [0.4, 0.5) is 4.79 Å². The van der Waals surface area contributed by atoms with Gasteiger partial charge in [0.2, 0.25) is 0 Å². The first-order chi connectivity index (χ1) is 8.52. The van der Waals surface area contributed by atoms with Crippen LogP contribution in [0, 0.1) is 0 Å². The molecule has 0 aliphatic carbocycles. The highest BCUT2D eigenvalue weighted by atomic mass is 79.9. The highest BCUT2D eigenvalue weighted by molar-refractivity contribution is 9.10. The number of carbonyl (C=O) groups excluding carboxylic acids is 1. The van der Waals surface area contributed by atoms with Gasteiger partial charge in [-0.2, -0.15) is 0 Å². The van der Waals surface area contributed by atoms with Crippen molar-refractivity contribution in [2.45, 2.75) is 6.42 Å². The number of carboxylic acid groups (broad SMARTS) is 1. The smallest absolute Gasteiger partial charge is 0.416 e. The van der Waals surface area contributed by atoms with Gasteiger partial charge in [0.1, 0.15) is 0 Å². The van der Waals surface area contributed by atoms with Crippen LogP contribution in [-0.2, 0) is 16.0 Å².